The van der Waals surface area contributed by atoms with Crippen molar-refractivity contribution in [2.45, 2.75) is 271 Å². The third-order valence-electron chi connectivity index (χ3n) is 12.3. The number of esters is 3. The lowest BCUT2D eigenvalue weighted by molar-refractivity contribution is -0.167. The van der Waals surface area contributed by atoms with Gasteiger partial charge in [-0.3, -0.25) is 14.4 Å². The summed E-state index contributed by atoms with van der Waals surface area (Å²) >= 11 is 0. The molecule has 0 aliphatic rings. The standard InChI is InChI=1S/C65H108O6/c1-4-7-10-13-16-19-21-23-25-27-28-29-30-31-32-33-34-35-36-38-39-41-43-46-49-52-55-58-64(67)70-61-62(60-69-63(66)57-54-51-48-45-18-15-12-9-6-3)71-65(68)59-56-53-50-47-44-42-40-37-26-24-22-20-17-14-11-8-5-2/h7-8,10-11,16-17,19-20,23-26,28-29,31-32,34-35,62H,4-6,9,12-15,18,21-22,27,30,33,36-61H2,1-3H3/b10-7-,11-8-,19-16-,20-17-,25-23-,26-24-,29-28-,32-31-,35-34-. The second-order valence-corrected chi connectivity index (χ2v) is 19.1. The molecule has 1 unspecified atom stereocenters. The molecule has 0 N–H and O–H groups in total. The fourth-order valence-corrected chi connectivity index (χ4v) is 7.93. The molecule has 0 radical (unpaired) electrons. The van der Waals surface area contributed by atoms with Crippen LogP contribution in [0.5, 0.6) is 0 Å². The monoisotopic (exact) mass is 985 g/mol. The average molecular weight is 986 g/mol. The lowest BCUT2D eigenvalue weighted by Crippen LogP contribution is -2.30. The van der Waals surface area contributed by atoms with E-state index in [9.17, 15) is 14.4 Å². The molecule has 404 valence electrons. The van der Waals surface area contributed by atoms with Crippen molar-refractivity contribution in [3.63, 3.8) is 0 Å². The van der Waals surface area contributed by atoms with E-state index >= 15 is 0 Å². The van der Waals surface area contributed by atoms with Crippen LogP contribution < -0.4 is 0 Å². The van der Waals surface area contributed by atoms with Crippen molar-refractivity contribution >= 4 is 17.9 Å². The molecule has 0 heterocycles. The molecule has 6 nitrogen and oxygen atoms in total. The first-order valence-corrected chi connectivity index (χ1v) is 29.4. The van der Waals surface area contributed by atoms with E-state index in [2.05, 4.69) is 130 Å². The molecule has 0 spiro atoms. The van der Waals surface area contributed by atoms with Crippen LogP contribution in [0.4, 0.5) is 0 Å². The Hall–Kier alpha value is -3.93. The molecular formula is C65H108O6. The van der Waals surface area contributed by atoms with E-state index < -0.39 is 6.10 Å². The molecule has 71 heavy (non-hydrogen) atoms. The van der Waals surface area contributed by atoms with Gasteiger partial charge in [-0.2, -0.15) is 0 Å². The molecule has 0 aliphatic heterocycles. The molecule has 0 bridgehead atoms. The molecule has 0 aromatic rings. The molecule has 0 aliphatic carbocycles. The van der Waals surface area contributed by atoms with Crippen LogP contribution in [-0.4, -0.2) is 37.2 Å². The Morgan fingerprint density at radius 1 is 0.296 bits per heavy atom. The smallest absolute Gasteiger partial charge is 0.306 e. The number of hydrogen-bond donors (Lipinski definition) is 0. The first-order chi connectivity index (χ1) is 35.0. The highest BCUT2D eigenvalue weighted by atomic mass is 16.6. The molecule has 0 aromatic carbocycles. The van der Waals surface area contributed by atoms with E-state index in [1.54, 1.807) is 0 Å². The van der Waals surface area contributed by atoms with Crippen LogP contribution in [0.3, 0.4) is 0 Å². The van der Waals surface area contributed by atoms with Gasteiger partial charge in [0.2, 0.25) is 0 Å². The number of carbonyl (C=O) groups is 3. The highest BCUT2D eigenvalue weighted by Gasteiger charge is 2.19. The fourth-order valence-electron chi connectivity index (χ4n) is 7.93. The van der Waals surface area contributed by atoms with Gasteiger partial charge in [0.25, 0.3) is 0 Å². The number of rotatable bonds is 52. The van der Waals surface area contributed by atoms with Gasteiger partial charge in [0, 0.05) is 19.3 Å². The number of carbonyl (C=O) groups excluding carboxylic acids is 3. The van der Waals surface area contributed by atoms with Gasteiger partial charge in [-0.1, -0.05) is 252 Å². The van der Waals surface area contributed by atoms with Gasteiger partial charge in [0.15, 0.2) is 6.10 Å². The Balaban J connectivity index is 4.27. The van der Waals surface area contributed by atoms with Crippen LogP contribution in [0.1, 0.15) is 265 Å². The summed E-state index contributed by atoms with van der Waals surface area (Å²) in [6.07, 6.45) is 79.5. The zero-order valence-corrected chi connectivity index (χ0v) is 46.2. The van der Waals surface area contributed by atoms with Crippen LogP contribution in [0, 0.1) is 0 Å². The van der Waals surface area contributed by atoms with Crippen molar-refractivity contribution < 1.29 is 28.6 Å². The van der Waals surface area contributed by atoms with Crippen molar-refractivity contribution in [2.24, 2.45) is 0 Å². The van der Waals surface area contributed by atoms with Crippen molar-refractivity contribution in [2.75, 3.05) is 13.2 Å². The van der Waals surface area contributed by atoms with Gasteiger partial charge in [-0.15, -0.1) is 0 Å². The minimum atomic E-state index is -0.786. The van der Waals surface area contributed by atoms with Crippen LogP contribution >= 0.6 is 0 Å². The van der Waals surface area contributed by atoms with E-state index in [0.717, 1.165) is 128 Å². The molecule has 0 aromatic heterocycles. The van der Waals surface area contributed by atoms with E-state index in [0.29, 0.717) is 19.3 Å². The minimum absolute atomic E-state index is 0.0841. The summed E-state index contributed by atoms with van der Waals surface area (Å²) in [5.41, 5.74) is 0. The molecule has 0 saturated heterocycles. The summed E-state index contributed by atoms with van der Waals surface area (Å²) in [5, 5.41) is 0. The minimum Gasteiger partial charge on any atom is -0.462 e. The highest BCUT2D eigenvalue weighted by Crippen LogP contribution is 2.15. The van der Waals surface area contributed by atoms with Gasteiger partial charge in [0.1, 0.15) is 13.2 Å². The molecule has 1 atom stereocenters. The molecule has 6 heteroatoms. The van der Waals surface area contributed by atoms with Crippen molar-refractivity contribution in [1.82, 2.24) is 0 Å². The van der Waals surface area contributed by atoms with Gasteiger partial charge in [-0.25, -0.2) is 0 Å². The number of ether oxygens (including phenoxy) is 3. The molecule has 0 amide bonds. The van der Waals surface area contributed by atoms with E-state index in [1.807, 2.05) is 0 Å². The summed E-state index contributed by atoms with van der Waals surface area (Å²) in [6, 6.07) is 0. The summed E-state index contributed by atoms with van der Waals surface area (Å²) in [5.74, 6) is -0.904. The zero-order valence-electron chi connectivity index (χ0n) is 46.2. The second kappa shape index (κ2) is 58.6. The molecule has 0 fully saturated rings. The van der Waals surface area contributed by atoms with Crippen molar-refractivity contribution in [1.29, 1.82) is 0 Å². The Bertz CT molecular complexity index is 1460. The summed E-state index contributed by atoms with van der Waals surface area (Å²) in [6.45, 7) is 6.38. The SMILES string of the molecule is CC/C=C\C/C=C\C/C=C\C/C=C\C/C=C\C/C=C\CCCCCCCCCCC(=O)OCC(COC(=O)CCCCCCCCCCC)OC(=O)CCCCCCCCC/C=C\C/C=C\C/C=C\CC. The van der Waals surface area contributed by atoms with Crippen LogP contribution in [-0.2, 0) is 28.6 Å². The summed E-state index contributed by atoms with van der Waals surface area (Å²) in [4.78, 5) is 38.1. The van der Waals surface area contributed by atoms with E-state index in [4.69, 9.17) is 14.2 Å². The third kappa shape index (κ3) is 56.9. The summed E-state index contributed by atoms with van der Waals surface area (Å²) < 4.78 is 16.8. The van der Waals surface area contributed by atoms with Gasteiger partial charge >= 0.3 is 17.9 Å². The van der Waals surface area contributed by atoms with Gasteiger partial charge in [0.05, 0.1) is 0 Å². The first kappa shape index (κ1) is 67.1. The predicted molar refractivity (Wildman–Crippen MR) is 307 cm³/mol. The third-order valence-corrected chi connectivity index (χ3v) is 12.3. The van der Waals surface area contributed by atoms with Crippen LogP contribution in [0.15, 0.2) is 109 Å². The van der Waals surface area contributed by atoms with Crippen molar-refractivity contribution in [3.05, 3.63) is 109 Å². The van der Waals surface area contributed by atoms with Crippen LogP contribution in [0.2, 0.25) is 0 Å². The molecular weight excluding hydrogens is 877 g/mol. The summed E-state index contributed by atoms with van der Waals surface area (Å²) in [7, 11) is 0. The van der Waals surface area contributed by atoms with E-state index in [-0.39, 0.29) is 31.1 Å². The van der Waals surface area contributed by atoms with Crippen molar-refractivity contribution in [3.8, 4) is 0 Å². The maximum Gasteiger partial charge on any atom is 0.306 e. The van der Waals surface area contributed by atoms with Crippen LogP contribution in [0.25, 0.3) is 0 Å². The average Bonchev–Trinajstić information content (AvgIpc) is 3.37. The quantitative estimate of drug-likeness (QED) is 0.0261. The Morgan fingerprint density at radius 2 is 0.549 bits per heavy atom. The Morgan fingerprint density at radius 3 is 0.859 bits per heavy atom. The van der Waals surface area contributed by atoms with Gasteiger partial charge in [-0.05, 0) is 103 Å². The molecule has 0 rings (SSSR count). The van der Waals surface area contributed by atoms with Gasteiger partial charge < -0.3 is 14.2 Å². The maximum absolute atomic E-state index is 12.8. The lowest BCUT2D eigenvalue weighted by atomic mass is 10.1. The fraction of sp³-hybridized carbons (Fsp3) is 0.677. The largest absolute Gasteiger partial charge is 0.462 e. The lowest BCUT2D eigenvalue weighted by Gasteiger charge is -2.18. The first-order valence-electron chi connectivity index (χ1n) is 29.4. The zero-order chi connectivity index (χ0) is 51.4. The Kier molecular flexibility index (Phi) is 55.4. The number of allylic oxidation sites excluding steroid dienone is 18. The highest BCUT2D eigenvalue weighted by molar-refractivity contribution is 5.71. The molecule has 0 saturated carbocycles. The Labute approximate surface area is 438 Å². The maximum atomic E-state index is 12.8. The number of unbranched alkanes of at least 4 members (excludes halogenated alkanes) is 23. The second-order valence-electron chi connectivity index (χ2n) is 19.1. The topological polar surface area (TPSA) is 78.9 Å². The number of hydrogen-bond acceptors (Lipinski definition) is 6. The predicted octanol–water partition coefficient (Wildman–Crippen LogP) is 19.9. The van der Waals surface area contributed by atoms with E-state index in [1.165, 1.54) is 96.3 Å². The normalized spacial score (nSPS) is 12.9.